The van der Waals surface area contributed by atoms with Crippen molar-refractivity contribution in [3.63, 3.8) is 0 Å². The van der Waals surface area contributed by atoms with Crippen LogP contribution in [0.15, 0.2) is 0 Å². The molecule has 0 radical (unpaired) electrons. The summed E-state index contributed by atoms with van der Waals surface area (Å²) in [6.07, 6.45) is 0. The number of alkyl halides is 2. The van der Waals surface area contributed by atoms with Gasteiger partial charge in [0.25, 0.3) is 0 Å². The molecule has 0 bridgehead atoms. The van der Waals surface area contributed by atoms with Crippen molar-refractivity contribution in [2.24, 2.45) is 0 Å². The summed E-state index contributed by atoms with van der Waals surface area (Å²) in [4.78, 5) is 0. The van der Waals surface area contributed by atoms with Crippen LogP contribution in [0.4, 0.5) is 8.78 Å². The minimum absolute atomic E-state index is 0. The Hall–Kier alpha value is 1.68. The first-order chi connectivity index (χ1) is 4.50. The van der Waals surface area contributed by atoms with Crippen LogP contribution in [-0.2, 0) is 20.2 Å². The van der Waals surface area contributed by atoms with Crippen LogP contribution in [0.5, 0.6) is 0 Å². The van der Waals surface area contributed by atoms with Crippen molar-refractivity contribution in [3.05, 3.63) is 0 Å². The molecular weight excluding hydrogens is 256 g/mol. The molecule has 0 saturated heterocycles. The van der Waals surface area contributed by atoms with Gasteiger partial charge in [-0.25, -0.2) is 16.8 Å². The van der Waals surface area contributed by atoms with E-state index in [-0.39, 0.29) is 59.1 Å². The van der Waals surface area contributed by atoms with Crippen LogP contribution < -0.4 is 59.1 Å². The Labute approximate surface area is 117 Å². The van der Waals surface area contributed by atoms with Gasteiger partial charge in [0, 0.05) is 0 Å². The molecule has 0 atom stereocenters. The minimum Gasteiger partial charge on any atom is -0.743 e. The maximum Gasteiger partial charge on any atom is 1.00 e. The zero-order chi connectivity index (χ0) is 9.50. The molecule has 0 fully saturated rings. The molecule has 0 saturated carbocycles. The van der Waals surface area contributed by atoms with E-state index in [1.807, 2.05) is 0 Å². The first-order valence-corrected chi connectivity index (χ1v) is 4.60. The third-order valence-electron chi connectivity index (χ3n) is 0.582. The normalized spacial score (nSPS) is 12.6. The quantitative estimate of drug-likeness (QED) is 0.358. The SMILES string of the molecule is O=S(=O)([O-])C(F)(F)S(=O)(=O)[O-].[Na+].[Na+]. The Morgan fingerprint density at radius 2 is 1.00 bits per heavy atom. The molecule has 0 aromatic rings. The molecule has 0 aliphatic rings. The van der Waals surface area contributed by atoms with E-state index < -0.39 is 24.8 Å². The van der Waals surface area contributed by atoms with Gasteiger partial charge in [-0.15, -0.1) is 0 Å². The van der Waals surface area contributed by atoms with E-state index in [4.69, 9.17) is 0 Å². The fourth-order valence-electron chi connectivity index (χ4n) is 0.125. The third-order valence-corrected chi connectivity index (χ3v) is 2.97. The maximum absolute atomic E-state index is 11.6. The molecule has 0 heterocycles. The van der Waals surface area contributed by atoms with E-state index in [0.717, 1.165) is 0 Å². The predicted molar refractivity (Wildman–Crippen MR) is 24.3 cm³/mol. The second kappa shape index (κ2) is 5.68. The summed E-state index contributed by atoms with van der Waals surface area (Å²) in [5, 5.41) is 0. The monoisotopic (exact) mass is 256 g/mol. The molecule has 6 nitrogen and oxygen atoms in total. The topological polar surface area (TPSA) is 114 Å². The zero-order valence-electron chi connectivity index (χ0n) is 6.52. The molecule has 13 heavy (non-hydrogen) atoms. The second-order valence-corrected chi connectivity index (χ2v) is 4.47. The molecule has 0 rings (SSSR count). The van der Waals surface area contributed by atoms with Gasteiger partial charge < -0.3 is 9.11 Å². The molecule has 68 valence electrons. The van der Waals surface area contributed by atoms with Gasteiger partial charge >= 0.3 is 63.7 Å². The van der Waals surface area contributed by atoms with E-state index in [9.17, 15) is 34.7 Å². The van der Waals surface area contributed by atoms with Crippen LogP contribution in [0.25, 0.3) is 0 Å². The molecule has 0 aliphatic heterocycles. The molecule has 12 heteroatoms. The predicted octanol–water partition coefficient (Wildman–Crippen LogP) is -7.36. The summed E-state index contributed by atoms with van der Waals surface area (Å²) in [5.41, 5.74) is 0. The molecule has 0 aromatic carbocycles. The van der Waals surface area contributed by atoms with Gasteiger partial charge in [-0.1, -0.05) is 0 Å². The van der Waals surface area contributed by atoms with E-state index in [1.54, 1.807) is 0 Å². The molecule has 0 amide bonds. The fraction of sp³-hybridized carbons (Fsp3) is 1.00. The van der Waals surface area contributed by atoms with Crippen LogP contribution >= 0.6 is 0 Å². The number of hydrogen-bond acceptors (Lipinski definition) is 6. The van der Waals surface area contributed by atoms with Crippen molar-refractivity contribution in [2.75, 3.05) is 0 Å². The fourth-order valence-corrected chi connectivity index (χ4v) is 1.12. The van der Waals surface area contributed by atoms with E-state index in [0.29, 0.717) is 0 Å². The van der Waals surface area contributed by atoms with Crippen molar-refractivity contribution >= 4 is 20.2 Å². The van der Waals surface area contributed by atoms with Crippen molar-refractivity contribution in [1.82, 2.24) is 0 Å². The largest absolute Gasteiger partial charge is 1.00 e. The molecule has 0 N–H and O–H groups in total. The summed E-state index contributed by atoms with van der Waals surface area (Å²) in [6, 6.07) is 0. The van der Waals surface area contributed by atoms with Gasteiger partial charge in [0.2, 0.25) is 0 Å². The number of hydrogen-bond donors (Lipinski definition) is 0. The van der Waals surface area contributed by atoms with Crippen LogP contribution in [0.1, 0.15) is 0 Å². The average molecular weight is 256 g/mol. The van der Waals surface area contributed by atoms with Crippen LogP contribution in [0, 0.1) is 0 Å². The van der Waals surface area contributed by atoms with Gasteiger partial charge in [-0.2, -0.15) is 8.78 Å². The molecular formula is CF2Na2O6S2. The third kappa shape index (κ3) is 4.82. The Balaban J connectivity index is -0.000000500. The Kier molecular flexibility index (Phi) is 8.80. The average Bonchev–Trinajstić information content (AvgIpc) is 1.58. The molecule has 0 aromatic heterocycles. The molecule has 0 spiro atoms. The molecule has 0 unspecified atom stereocenters. The first-order valence-electron chi connectivity index (χ1n) is 1.79. The Morgan fingerprint density at radius 1 is 0.846 bits per heavy atom. The van der Waals surface area contributed by atoms with Crippen molar-refractivity contribution in [2.45, 2.75) is 4.59 Å². The summed E-state index contributed by atoms with van der Waals surface area (Å²) in [7, 11) is -12.9. The zero-order valence-corrected chi connectivity index (χ0v) is 12.2. The van der Waals surface area contributed by atoms with Crippen LogP contribution in [0.3, 0.4) is 0 Å². The van der Waals surface area contributed by atoms with Gasteiger partial charge in [0.15, 0.2) is 20.2 Å². The van der Waals surface area contributed by atoms with E-state index >= 15 is 0 Å². The summed E-state index contributed by atoms with van der Waals surface area (Å²) < 4.78 is 74.0. The van der Waals surface area contributed by atoms with Gasteiger partial charge in [0.05, 0.1) is 0 Å². The number of rotatable bonds is 2. The smallest absolute Gasteiger partial charge is 0.743 e. The summed E-state index contributed by atoms with van der Waals surface area (Å²) in [6.45, 7) is 0. The molecule has 0 aliphatic carbocycles. The van der Waals surface area contributed by atoms with E-state index in [1.165, 1.54) is 0 Å². The van der Waals surface area contributed by atoms with Crippen LogP contribution in [-0.4, -0.2) is 30.5 Å². The minimum atomic E-state index is -6.44. The Bertz CT molecular complexity index is 309. The van der Waals surface area contributed by atoms with E-state index in [2.05, 4.69) is 0 Å². The maximum atomic E-state index is 11.6. The van der Waals surface area contributed by atoms with Crippen molar-refractivity contribution in [3.8, 4) is 0 Å². The van der Waals surface area contributed by atoms with Crippen molar-refractivity contribution in [1.29, 1.82) is 0 Å². The van der Waals surface area contributed by atoms with Gasteiger partial charge in [0.1, 0.15) is 0 Å². The van der Waals surface area contributed by atoms with Gasteiger partial charge in [-0.05, 0) is 0 Å². The standard InChI is InChI=1S/CH2F2O6S2.2Na/c2-1(3,10(4,5)6)11(7,8)9;;/h(H,4,5,6)(H,7,8,9);;/q;2*+1/p-2. The second-order valence-electron chi connectivity index (χ2n) is 1.37. The Morgan fingerprint density at radius 3 is 1.00 bits per heavy atom. The first kappa shape index (κ1) is 20.1. The van der Waals surface area contributed by atoms with Gasteiger partial charge in [-0.3, -0.25) is 0 Å². The van der Waals surface area contributed by atoms with Crippen molar-refractivity contribution < 1.29 is 93.8 Å². The van der Waals surface area contributed by atoms with Crippen LogP contribution in [0.2, 0.25) is 0 Å². The summed E-state index contributed by atoms with van der Waals surface area (Å²) >= 11 is 0. The number of halogens is 2. The summed E-state index contributed by atoms with van der Waals surface area (Å²) in [5.74, 6) is 0.